The fourth-order valence-electron chi connectivity index (χ4n) is 2.87. The first-order valence-electron chi connectivity index (χ1n) is 8.41. The third kappa shape index (κ3) is 3.55. The number of halogens is 1. The SMILES string of the molecule is O=C1c2ccccc2S(=O)(=O)N1CCSCc1coc(-c2ccc(Cl)cc2)n1. The van der Waals surface area contributed by atoms with Gasteiger partial charge in [-0.3, -0.25) is 4.79 Å². The van der Waals surface area contributed by atoms with Crippen molar-refractivity contribution in [3.05, 3.63) is 71.1 Å². The number of oxazole rings is 1. The lowest BCUT2D eigenvalue weighted by Gasteiger charge is -2.14. The molecule has 0 saturated heterocycles. The molecule has 0 unspecified atom stereocenters. The number of thioether (sulfide) groups is 1. The highest BCUT2D eigenvalue weighted by molar-refractivity contribution is 7.98. The van der Waals surface area contributed by atoms with Gasteiger partial charge in [0, 0.05) is 28.6 Å². The van der Waals surface area contributed by atoms with Crippen molar-refractivity contribution in [3.8, 4) is 11.5 Å². The molecule has 0 radical (unpaired) electrons. The maximum Gasteiger partial charge on any atom is 0.269 e. The van der Waals surface area contributed by atoms with Gasteiger partial charge in [0.15, 0.2) is 0 Å². The summed E-state index contributed by atoms with van der Waals surface area (Å²) < 4.78 is 31.4. The molecule has 4 rings (SSSR count). The second-order valence-corrected chi connectivity index (χ2v) is 9.45. The maximum absolute atomic E-state index is 12.5. The minimum Gasteiger partial charge on any atom is -0.444 e. The Hall–Kier alpha value is -2.29. The highest BCUT2D eigenvalue weighted by Crippen LogP contribution is 2.30. The second kappa shape index (κ2) is 7.62. The number of carbonyl (C=O) groups is 1. The van der Waals surface area contributed by atoms with Gasteiger partial charge in [0.25, 0.3) is 15.9 Å². The van der Waals surface area contributed by atoms with Crippen molar-refractivity contribution in [2.45, 2.75) is 10.6 Å². The van der Waals surface area contributed by atoms with E-state index in [1.165, 1.54) is 23.9 Å². The zero-order chi connectivity index (χ0) is 19.7. The Labute approximate surface area is 171 Å². The smallest absolute Gasteiger partial charge is 0.269 e. The predicted molar refractivity (Wildman–Crippen MR) is 108 cm³/mol. The quantitative estimate of drug-likeness (QED) is 0.544. The number of hydrogen-bond donors (Lipinski definition) is 0. The number of rotatable bonds is 6. The third-order valence-corrected chi connectivity index (χ3v) is 7.31. The van der Waals surface area contributed by atoms with Crippen molar-refractivity contribution in [3.63, 3.8) is 0 Å². The van der Waals surface area contributed by atoms with Crippen LogP contribution in [-0.2, 0) is 15.8 Å². The Kier molecular flexibility index (Phi) is 5.18. The Morgan fingerprint density at radius 3 is 2.61 bits per heavy atom. The van der Waals surface area contributed by atoms with Gasteiger partial charge in [0.1, 0.15) is 11.2 Å². The summed E-state index contributed by atoms with van der Waals surface area (Å²) in [5.41, 5.74) is 1.80. The minimum absolute atomic E-state index is 0.0779. The van der Waals surface area contributed by atoms with Crippen molar-refractivity contribution in [2.24, 2.45) is 0 Å². The molecule has 144 valence electrons. The van der Waals surface area contributed by atoms with Crippen LogP contribution < -0.4 is 0 Å². The van der Waals surface area contributed by atoms with E-state index in [-0.39, 0.29) is 17.0 Å². The molecule has 28 heavy (non-hydrogen) atoms. The zero-order valence-corrected chi connectivity index (χ0v) is 16.9. The number of aromatic nitrogens is 1. The van der Waals surface area contributed by atoms with Crippen LogP contribution in [0.3, 0.4) is 0 Å². The molecule has 1 aliphatic rings. The standard InChI is InChI=1S/C19H15ClN2O4S2/c20-14-7-5-13(6-8-14)18-21-15(11-26-18)12-27-10-9-22-19(23)16-3-1-2-4-17(16)28(22,24)25/h1-8,11H,9-10,12H2. The summed E-state index contributed by atoms with van der Waals surface area (Å²) in [6.45, 7) is 0.113. The van der Waals surface area contributed by atoms with E-state index < -0.39 is 15.9 Å². The largest absolute Gasteiger partial charge is 0.444 e. The number of hydrogen-bond acceptors (Lipinski definition) is 6. The molecule has 0 bridgehead atoms. The van der Waals surface area contributed by atoms with Crippen molar-refractivity contribution < 1.29 is 17.6 Å². The molecule has 0 N–H and O–H groups in total. The highest BCUT2D eigenvalue weighted by Gasteiger charge is 2.40. The van der Waals surface area contributed by atoms with E-state index in [1.807, 2.05) is 12.1 Å². The van der Waals surface area contributed by atoms with E-state index in [0.29, 0.717) is 22.4 Å². The van der Waals surface area contributed by atoms with Gasteiger partial charge in [-0.1, -0.05) is 23.7 Å². The average Bonchev–Trinajstić information content (AvgIpc) is 3.23. The summed E-state index contributed by atoms with van der Waals surface area (Å²) in [5.74, 6) is 1.04. The number of sulfonamides is 1. The van der Waals surface area contributed by atoms with Gasteiger partial charge in [0.2, 0.25) is 5.89 Å². The van der Waals surface area contributed by atoms with E-state index in [2.05, 4.69) is 4.98 Å². The van der Waals surface area contributed by atoms with Crippen LogP contribution in [0.1, 0.15) is 16.1 Å². The second-order valence-electron chi connectivity index (χ2n) is 6.08. The first kappa shape index (κ1) is 19.0. The zero-order valence-electron chi connectivity index (χ0n) is 14.5. The van der Waals surface area contributed by atoms with Crippen molar-refractivity contribution in [1.82, 2.24) is 9.29 Å². The summed E-state index contributed by atoms with van der Waals surface area (Å²) in [6, 6.07) is 13.5. The van der Waals surface area contributed by atoms with E-state index >= 15 is 0 Å². The van der Waals surface area contributed by atoms with Crippen molar-refractivity contribution >= 4 is 39.3 Å². The molecule has 0 aliphatic carbocycles. The van der Waals surface area contributed by atoms with E-state index in [0.717, 1.165) is 15.6 Å². The van der Waals surface area contributed by atoms with E-state index in [1.54, 1.807) is 30.5 Å². The van der Waals surface area contributed by atoms with Crippen LogP contribution in [-0.4, -0.2) is 35.9 Å². The van der Waals surface area contributed by atoms with Gasteiger partial charge in [0.05, 0.1) is 11.3 Å². The molecule has 0 fully saturated rings. The molecule has 3 aromatic rings. The minimum atomic E-state index is -3.75. The van der Waals surface area contributed by atoms with Gasteiger partial charge in [-0.05, 0) is 36.4 Å². The highest BCUT2D eigenvalue weighted by atomic mass is 35.5. The number of nitrogens with zero attached hydrogens (tertiary/aromatic N) is 2. The molecule has 1 amide bonds. The Morgan fingerprint density at radius 2 is 1.86 bits per heavy atom. The normalized spacial score (nSPS) is 15.0. The summed E-state index contributed by atoms with van der Waals surface area (Å²) in [6.07, 6.45) is 1.57. The lowest BCUT2D eigenvalue weighted by molar-refractivity contribution is 0.0876. The number of carbonyl (C=O) groups excluding carboxylic acids is 1. The van der Waals surface area contributed by atoms with Crippen molar-refractivity contribution in [2.75, 3.05) is 12.3 Å². The van der Waals surface area contributed by atoms with Gasteiger partial charge in [-0.15, -0.1) is 0 Å². The Balaban J connectivity index is 1.35. The van der Waals surface area contributed by atoms with E-state index in [9.17, 15) is 13.2 Å². The van der Waals surface area contributed by atoms with Crippen LogP contribution in [0.2, 0.25) is 5.02 Å². The molecule has 0 spiro atoms. The van der Waals surface area contributed by atoms with Crippen molar-refractivity contribution in [1.29, 1.82) is 0 Å². The lowest BCUT2D eigenvalue weighted by atomic mass is 10.2. The molecule has 9 heteroatoms. The molecular formula is C19H15ClN2O4S2. The van der Waals surface area contributed by atoms with Crippen LogP contribution in [0, 0.1) is 0 Å². The summed E-state index contributed by atoms with van der Waals surface area (Å²) in [7, 11) is -3.75. The molecule has 0 atom stereocenters. The van der Waals surface area contributed by atoms with Crippen LogP contribution in [0.4, 0.5) is 0 Å². The van der Waals surface area contributed by atoms with Crippen LogP contribution >= 0.6 is 23.4 Å². The molecule has 2 heterocycles. The summed E-state index contributed by atoms with van der Waals surface area (Å²) in [5, 5.41) is 0.639. The van der Waals surface area contributed by atoms with Crippen LogP contribution in [0.15, 0.2) is 64.1 Å². The molecule has 2 aromatic carbocycles. The number of amides is 1. The summed E-state index contributed by atoms with van der Waals surface area (Å²) >= 11 is 7.36. The third-order valence-electron chi connectivity index (χ3n) is 4.24. The van der Waals surface area contributed by atoms with Gasteiger partial charge >= 0.3 is 0 Å². The van der Waals surface area contributed by atoms with Gasteiger partial charge in [-0.2, -0.15) is 11.8 Å². The molecule has 1 aliphatic heterocycles. The predicted octanol–water partition coefficient (Wildman–Crippen LogP) is 4.07. The number of benzene rings is 2. The first-order chi connectivity index (χ1) is 13.5. The topological polar surface area (TPSA) is 80.5 Å². The Morgan fingerprint density at radius 1 is 1.11 bits per heavy atom. The van der Waals surface area contributed by atoms with E-state index in [4.69, 9.17) is 16.0 Å². The Bertz CT molecular complexity index is 1130. The fraction of sp³-hybridized carbons (Fsp3) is 0.158. The first-order valence-corrected chi connectivity index (χ1v) is 11.4. The average molecular weight is 435 g/mol. The van der Waals surface area contributed by atoms with Gasteiger partial charge < -0.3 is 4.42 Å². The molecule has 6 nitrogen and oxygen atoms in total. The molecular weight excluding hydrogens is 420 g/mol. The number of fused-ring (bicyclic) bond motifs is 1. The maximum atomic E-state index is 12.5. The summed E-state index contributed by atoms with van der Waals surface area (Å²) in [4.78, 5) is 16.9. The molecule has 0 saturated carbocycles. The fourth-order valence-corrected chi connectivity index (χ4v) is 5.48. The van der Waals surface area contributed by atoms with Crippen LogP contribution in [0.25, 0.3) is 11.5 Å². The lowest BCUT2D eigenvalue weighted by Crippen LogP contribution is -2.32. The van der Waals surface area contributed by atoms with Crippen LogP contribution in [0.5, 0.6) is 0 Å². The van der Waals surface area contributed by atoms with Gasteiger partial charge in [-0.25, -0.2) is 17.7 Å². The molecule has 1 aromatic heterocycles. The monoisotopic (exact) mass is 434 g/mol.